The third kappa shape index (κ3) is 4.23. The molecule has 2 N–H and O–H groups in total. The van der Waals surface area contributed by atoms with Gasteiger partial charge in [-0.05, 0) is 24.5 Å². The lowest BCUT2D eigenvalue weighted by molar-refractivity contribution is 0.270. The van der Waals surface area contributed by atoms with Crippen LogP contribution in [0.3, 0.4) is 0 Å². The molecule has 1 aromatic heterocycles. The standard InChI is InChI=1S/C11H18N2O/c1-9(2)6-10(12)8-14-11-4-3-5-13-7-11/h3-5,7,9-10H,6,8,12H2,1-2H3. The monoisotopic (exact) mass is 194 g/mol. The minimum Gasteiger partial charge on any atom is -0.490 e. The maximum atomic E-state index is 5.88. The van der Waals surface area contributed by atoms with E-state index >= 15 is 0 Å². The maximum absolute atomic E-state index is 5.88. The summed E-state index contributed by atoms with van der Waals surface area (Å²) in [7, 11) is 0. The molecule has 14 heavy (non-hydrogen) atoms. The molecule has 0 saturated heterocycles. The van der Waals surface area contributed by atoms with Crippen molar-refractivity contribution in [1.82, 2.24) is 4.98 Å². The van der Waals surface area contributed by atoms with Gasteiger partial charge in [0.25, 0.3) is 0 Å². The summed E-state index contributed by atoms with van der Waals surface area (Å²) in [6.07, 6.45) is 4.41. The molecule has 1 atom stereocenters. The molecule has 0 aromatic carbocycles. The highest BCUT2D eigenvalue weighted by Crippen LogP contribution is 2.08. The van der Waals surface area contributed by atoms with Crippen molar-refractivity contribution >= 4 is 0 Å². The van der Waals surface area contributed by atoms with Crippen LogP contribution < -0.4 is 10.5 Å². The molecular weight excluding hydrogens is 176 g/mol. The Bertz CT molecular complexity index is 249. The Kier molecular flexibility index (Phi) is 4.40. The number of nitrogens with two attached hydrogens (primary N) is 1. The molecule has 0 fully saturated rings. The normalized spacial score (nSPS) is 12.9. The number of hydrogen-bond acceptors (Lipinski definition) is 3. The van der Waals surface area contributed by atoms with Crippen LogP contribution in [0.25, 0.3) is 0 Å². The zero-order valence-electron chi connectivity index (χ0n) is 8.81. The van der Waals surface area contributed by atoms with Gasteiger partial charge in [0.2, 0.25) is 0 Å². The van der Waals surface area contributed by atoms with Crippen molar-refractivity contribution in [1.29, 1.82) is 0 Å². The molecule has 78 valence electrons. The molecular formula is C11H18N2O. The molecule has 0 aliphatic rings. The van der Waals surface area contributed by atoms with Gasteiger partial charge in [-0.3, -0.25) is 4.98 Å². The van der Waals surface area contributed by atoms with Crippen LogP contribution in [-0.2, 0) is 0 Å². The van der Waals surface area contributed by atoms with Gasteiger partial charge in [0.1, 0.15) is 12.4 Å². The summed E-state index contributed by atoms with van der Waals surface area (Å²) in [4.78, 5) is 3.96. The Labute approximate surface area is 85.3 Å². The fourth-order valence-electron chi connectivity index (χ4n) is 1.31. The third-order valence-corrected chi connectivity index (χ3v) is 1.87. The van der Waals surface area contributed by atoms with Crippen molar-refractivity contribution in [3.63, 3.8) is 0 Å². The summed E-state index contributed by atoms with van der Waals surface area (Å²) >= 11 is 0. The van der Waals surface area contributed by atoms with Crippen LogP contribution >= 0.6 is 0 Å². The van der Waals surface area contributed by atoms with E-state index < -0.39 is 0 Å². The molecule has 0 aliphatic heterocycles. The molecule has 0 radical (unpaired) electrons. The summed E-state index contributed by atoms with van der Waals surface area (Å²) < 4.78 is 5.48. The Morgan fingerprint density at radius 2 is 2.29 bits per heavy atom. The van der Waals surface area contributed by atoms with E-state index in [0.717, 1.165) is 12.2 Å². The lowest BCUT2D eigenvalue weighted by atomic mass is 10.1. The topological polar surface area (TPSA) is 48.1 Å². The van der Waals surface area contributed by atoms with Crippen molar-refractivity contribution in [3.8, 4) is 5.75 Å². The van der Waals surface area contributed by atoms with Gasteiger partial charge >= 0.3 is 0 Å². The first-order valence-electron chi connectivity index (χ1n) is 4.97. The van der Waals surface area contributed by atoms with E-state index in [1.165, 1.54) is 0 Å². The summed E-state index contributed by atoms with van der Waals surface area (Å²) in [6.45, 7) is 4.87. The van der Waals surface area contributed by atoms with Crippen LogP contribution in [0.15, 0.2) is 24.5 Å². The zero-order valence-corrected chi connectivity index (χ0v) is 8.81. The van der Waals surface area contributed by atoms with Crippen molar-refractivity contribution in [2.75, 3.05) is 6.61 Å². The van der Waals surface area contributed by atoms with Gasteiger partial charge in [-0.1, -0.05) is 13.8 Å². The molecule has 0 aliphatic carbocycles. The first-order chi connectivity index (χ1) is 6.68. The van der Waals surface area contributed by atoms with Crippen molar-refractivity contribution in [2.24, 2.45) is 11.7 Å². The molecule has 1 heterocycles. The van der Waals surface area contributed by atoms with E-state index in [2.05, 4.69) is 18.8 Å². The number of rotatable bonds is 5. The number of hydrogen-bond donors (Lipinski definition) is 1. The summed E-state index contributed by atoms with van der Waals surface area (Å²) in [5.74, 6) is 1.40. The van der Waals surface area contributed by atoms with Gasteiger partial charge in [-0.15, -0.1) is 0 Å². The van der Waals surface area contributed by atoms with Crippen LogP contribution in [-0.4, -0.2) is 17.6 Å². The zero-order chi connectivity index (χ0) is 10.4. The third-order valence-electron chi connectivity index (χ3n) is 1.87. The second-order valence-electron chi connectivity index (χ2n) is 3.89. The van der Waals surface area contributed by atoms with Gasteiger partial charge in [-0.2, -0.15) is 0 Å². The fourth-order valence-corrected chi connectivity index (χ4v) is 1.31. The molecule has 0 amide bonds. The molecule has 0 spiro atoms. The van der Waals surface area contributed by atoms with E-state index in [9.17, 15) is 0 Å². The molecule has 3 heteroatoms. The molecule has 1 aromatic rings. The number of ether oxygens (including phenoxy) is 1. The first-order valence-corrected chi connectivity index (χ1v) is 4.97. The molecule has 1 unspecified atom stereocenters. The SMILES string of the molecule is CC(C)CC(N)COc1cccnc1. The van der Waals surface area contributed by atoms with Gasteiger partial charge < -0.3 is 10.5 Å². The average Bonchev–Trinajstić information content (AvgIpc) is 2.15. The first kappa shape index (κ1) is 11.0. The van der Waals surface area contributed by atoms with Crippen LogP contribution in [0.5, 0.6) is 5.75 Å². The lowest BCUT2D eigenvalue weighted by Gasteiger charge is -2.14. The largest absolute Gasteiger partial charge is 0.490 e. The Balaban J connectivity index is 2.27. The highest BCUT2D eigenvalue weighted by molar-refractivity contribution is 5.15. The van der Waals surface area contributed by atoms with E-state index in [1.54, 1.807) is 12.4 Å². The van der Waals surface area contributed by atoms with Crippen LogP contribution in [0.1, 0.15) is 20.3 Å². The van der Waals surface area contributed by atoms with Crippen LogP contribution in [0, 0.1) is 5.92 Å². The van der Waals surface area contributed by atoms with E-state index in [1.807, 2.05) is 12.1 Å². The van der Waals surface area contributed by atoms with E-state index in [4.69, 9.17) is 10.5 Å². The Hall–Kier alpha value is -1.09. The second-order valence-corrected chi connectivity index (χ2v) is 3.89. The lowest BCUT2D eigenvalue weighted by Crippen LogP contribution is -2.29. The van der Waals surface area contributed by atoms with Gasteiger partial charge in [0.05, 0.1) is 6.20 Å². The maximum Gasteiger partial charge on any atom is 0.137 e. The number of pyridine rings is 1. The van der Waals surface area contributed by atoms with Crippen LogP contribution in [0.4, 0.5) is 0 Å². The average molecular weight is 194 g/mol. The predicted molar refractivity (Wildman–Crippen MR) is 57.2 cm³/mol. The number of aromatic nitrogens is 1. The van der Waals surface area contributed by atoms with E-state index in [0.29, 0.717) is 12.5 Å². The minimum atomic E-state index is 0.107. The van der Waals surface area contributed by atoms with E-state index in [-0.39, 0.29) is 6.04 Å². The summed E-state index contributed by atoms with van der Waals surface area (Å²) in [6, 6.07) is 3.84. The van der Waals surface area contributed by atoms with Crippen LogP contribution in [0.2, 0.25) is 0 Å². The highest BCUT2D eigenvalue weighted by Gasteiger charge is 2.05. The second kappa shape index (κ2) is 5.60. The highest BCUT2D eigenvalue weighted by atomic mass is 16.5. The Morgan fingerprint density at radius 1 is 1.50 bits per heavy atom. The quantitative estimate of drug-likeness (QED) is 0.778. The smallest absolute Gasteiger partial charge is 0.137 e. The molecule has 3 nitrogen and oxygen atoms in total. The number of nitrogens with zero attached hydrogens (tertiary/aromatic N) is 1. The van der Waals surface area contributed by atoms with Gasteiger partial charge in [0.15, 0.2) is 0 Å². The molecule has 0 saturated carbocycles. The van der Waals surface area contributed by atoms with Gasteiger partial charge in [0, 0.05) is 12.2 Å². The fraction of sp³-hybridized carbons (Fsp3) is 0.545. The van der Waals surface area contributed by atoms with Crippen molar-refractivity contribution in [2.45, 2.75) is 26.3 Å². The van der Waals surface area contributed by atoms with Crippen molar-refractivity contribution in [3.05, 3.63) is 24.5 Å². The summed E-state index contributed by atoms with van der Waals surface area (Å²) in [5, 5.41) is 0. The minimum absolute atomic E-state index is 0.107. The molecule has 1 rings (SSSR count). The predicted octanol–water partition coefficient (Wildman–Crippen LogP) is 1.83. The summed E-state index contributed by atoms with van der Waals surface area (Å²) in [5.41, 5.74) is 5.88. The van der Waals surface area contributed by atoms with Gasteiger partial charge in [-0.25, -0.2) is 0 Å². The van der Waals surface area contributed by atoms with Crippen molar-refractivity contribution < 1.29 is 4.74 Å². The Morgan fingerprint density at radius 3 is 2.86 bits per heavy atom. The molecule has 0 bridgehead atoms.